The molecule has 0 aliphatic carbocycles. The molecule has 0 saturated heterocycles. The van der Waals surface area contributed by atoms with Crippen LogP contribution in [0.4, 0.5) is 0 Å². The molecule has 1 aromatic rings. The Morgan fingerprint density at radius 2 is 2.18 bits per heavy atom. The molecule has 2 N–H and O–H groups in total. The summed E-state index contributed by atoms with van der Waals surface area (Å²) in [4.78, 5) is 0. The van der Waals surface area contributed by atoms with Gasteiger partial charge in [0.1, 0.15) is 0 Å². The van der Waals surface area contributed by atoms with E-state index in [0.29, 0.717) is 6.04 Å². The number of nitrogens with one attached hydrogen (secondary N) is 2. The molecule has 1 aromatic heterocycles. The summed E-state index contributed by atoms with van der Waals surface area (Å²) < 4.78 is 2.06. The van der Waals surface area contributed by atoms with Crippen molar-refractivity contribution in [3.05, 3.63) is 17.5 Å². The maximum Gasteiger partial charge on any atom is 0.0597 e. The van der Waals surface area contributed by atoms with Gasteiger partial charge in [-0.3, -0.25) is 4.68 Å². The van der Waals surface area contributed by atoms with E-state index in [-0.39, 0.29) is 0 Å². The van der Waals surface area contributed by atoms with E-state index in [1.165, 1.54) is 12.1 Å². The smallest absolute Gasteiger partial charge is 0.0597 e. The lowest BCUT2D eigenvalue weighted by Gasteiger charge is -2.14. The second kappa shape index (κ2) is 7.45. The van der Waals surface area contributed by atoms with Gasteiger partial charge in [-0.05, 0) is 39.8 Å². The molecule has 0 aromatic carbocycles. The van der Waals surface area contributed by atoms with Crippen molar-refractivity contribution in [2.75, 3.05) is 13.1 Å². The van der Waals surface area contributed by atoms with Crippen LogP contribution in [0.1, 0.15) is 38.6 Å². The Balaban J connectivity index is 2.33. The molecule has 0 aliphatic heterocycles. The fraction of sp³-hybridized carbons (Fsp3) is 0.769. The Bertz CT molecular complexity index is 319. The average Bonchev–Trinajstić information content (AvgIpc) is 2.67. The van der Waals surface area contributed by atoms with Gasteiger partial charge in [0.2, 0.25) is 0 Å². The molecule has 0 spiro atoms. The first kappa shape index (κ1) is 14.2. The van der Waals surface area contributed by atoms with Gasteiger partial charge >= 0.3 is 0 Å². The van der Waals surface area contributed by atoms with Crippen LogP contribution in [-0.4, -0.2) is 28.9 Å². The predicted molar refractivity (Wildman–Crippen MR) is 72.1 cm³/mol. The fourth-order valence-corrected chi connectivity index (χ4v) is 1.86. The minimum absolute atomic E-state index is 0.488. The van der Waals surface area contributed by atoms with Crippen LogP contribution in [0.25, 0.3) is 0 Å². The second-order valence-electron chi connectivity index (χ2n) is 4.58. The van der Waals surface area contributed by atoms with Crippen molar-refractivity contribution < 1.29 is 0 Å². The van der Waals surface area contributed by atoms with Gasteiger partial charge in [-0.25, -0.2) is 0 Å². The molecule has 0 fully saturated rings. The van der Waals surface area contributed by atoms with Gasteiger partial charge in [-0.1, -0.05) is 6.92 Å². The number of hydrogen-bond donors (Lipinski definition) is 2. The average molecular weight is 238 g/mol. The molecule has 1 unspecified atom stereocenters. The van der Waals surface area contributed by atoms with Crippen molar-refractivity contribution in [3.8, 4) is 0 Å². The van der Waals surface area contributed by atoms with E-state index >= 15 is 0 Å². The summed E-state index contributed by atoms with van der Waals surface area (Å²) in [7, 11) is 0. The quantitative estimate of drug-likeness (QED) is 0.677. The lowest BCUT2D eigenvalue weighted by Crippen LogP contribution is -2.36. The zero-order chi connectivity index (χ0) is 12.7. The molecular weight excluding hydrogens is 212 g/mol. The normalized spacial score (nSPS) is 12.9. The molecular formula is C13H26N4. The maximum atomic E-state index is 4.44. The van der Waals surface area contributed by atoms with Gasteiger partial charge in [-0.15, -0.1) is 0 Å². The van der Waals surface area contributed by atoms with Crippen LogP contribution in [0.2, 0.25) is 0 Å². The van der Waals surface area contributed by atoms with Crippen molar-refractivity contribution in [2.45, 2.75) is 53.2 Å². The lowest BCUT2D eigenvalue weighted by molar-refractivity contribution is 0.484. The molecule has 4 nitrogen and oxygen atoms in total. The van der Waals surface area contributed by atoms with Crippen molar-refractivity contribution >= 4 is 0 Å². The van der Waals surface area contributed by atoms with Crippen LogP contribution < -0.4 is 10.6 Å². The van der Waals surface area contributed by atoms with Gasteiger partial charge in [0.15, 0.2) is 0 Å². The summed E-state index contributed by atoms with van der Waals surface area (Å²) in [5, 5.41) is 11.4. The number of aromatic nitrogens is 2. The third-order valence-electron chi connectivity index (χ3n) is 2.79. The molecule has 0 radical (unpaired) electrons. The fourth-order valence-electron chi connectivity index (χ4n) is 1.86. The van der Waals surface area contributed by atoms with Crippen LogP contribution in [-0.2, 0) is 13.1 Å². The first-order chi connectivity index (χ1) is 8.17. The molecule has 1 atom stereocenters. The van der Waals surface area contributed by atoms with Gasteiger partial charge in [0, 0.05) is 25.7 Å². The van der Waals surface area contributed by atoms with Crippen LogP contribution in [0.15, 0.2) is 6.07 Å². The molecule has 0 aliphatic rings. The molecule has 0 amide bonds. The van der Waals surface area contributed by atoms with E-state index in [4.69, 9.17) is 0 Å². The highest BCUT2D eigenvalue weighted by Crippen LogP contribution is 2.03. The van der Waals surface area contributed by atoms with Crippen molar-refractivity contribution in [1.29, 1.82) is 0 Å². The monoisotopic (exact) mass is 238 g/mol. The minimum Gasteiger partial charge on any atom is -0.315 e. The van der Waals surface area contributed by atoms with Gasteiger partial charge in [-0.2, -0.15) is 5.10 Å². The van der Waals surface area contributed by atoms with Crippen molar-refractivity contribution in [2.24, 2.45) is 0 Å². The Labute approximate surface area is 105 Å². The van der Waals surface area contributed by atoms with Gasteiger partial charge in [0.25, 0.3) is 0 Å². The van der Waals surface area contributed by atoms with E-state index < -0.39 is 0 Å². The summed E-state index contributed by atoms with van der Waals surface area (Å²) in [5.41, 5.74) is 2.37. The Kier molecular flexibility index (Phi) is 6.22. The van der Waals surface area contributed by atoms with E-state index in [1.54, 1.807) is 0 Å². The van der Waals surface area contributed by atoms with Crippen LogP contribution in [0, 0.1) is 6.92 Å². The third kappa shape index (κ3) is 4.88. The minimum atomic E-state index is 0.488. The lowest BCUT2D eigenvalue weighted by atomic mass is 10.3. The summed E-state index contributed by atoms with van der Waals surface area (Å²) >= 11 is 0. The highest BCUT2D eigenvalue weighted by atomic mass is 15.3. The second-order valence-corrected chi connectivity index (χ2v) is 4.58. The molecule has 0 bridgehead atoms. The number of hydrogen-bond acceptors (Lipinski definition) is 3. The van der Waals surface area contributed by atoms with Crippen LogP contribution in [0.3, 0.4) is 0 Å². The van der Waals surface area contributed by atoms with Crippen LogP contribution in [0.5, 0.6) is 0 Å². The Morgan fingerprint density at radius 1 is 1.41 bits per heavy atom. The summed E-state index contributed by atoms with van der Waals surface area (Å²) in [6.07, 6.45) is 1.19. The molecule has 4 heteroatoms. The highest BCUT2D eigenvalue weighted by molar-refractivity contribution is 5.08. The van der Waals surface area contributed by atoms with Gasteiger partial charge in [0.05, 0.1) is 11.4 Å². The molecule has 1 heterocycles. The van der Waals surface area contributed by atoms with Crippen molar-refractivity contribution in [3.63, 3.8) is 0 Å². The number of rotatable bonds is 8. The SMILES string of the molecule is CCCNCC(C)NCc1cc(C)nn1CC. The molecule has 1 rings (SSSR count). The van der Waals surface area contributed by atoms with E-state index in [1.807, 2.05) is 6.92 Å². The highest BCUT2D eigenvalue weighted by Gasteiger charge is 2.05. The predicted octanol–water partition coefficient (Wildman–Crippen LogP) is 1.69. The number of aryl methyl sites for hydroxylation is 2. The standard InChI is InChI=1S/C13H26N4/c1-5-7-14-9-12(4)15-10-13-8-11(3)16-17(13)6-2/h8,12,14-15H,5-7,9-10H2,1-4H3. The summed E-state index contributed by atoms with van der Waals surface area (Å²) in [5.74, 6) is 0. The summed E-state index contributed by atoms with van der Waals surface area (Å²) in [6.45, 7) is 12.5. The third-order valence-corrected chi connectivity index (χ3v) is 2.79. The van der Waals surface area contributed by atoms with E-state index in [9.17, 15) is 0 Å². The number of nitrogens with zero attached hydrogens (tertiary/aromatic N) is 2. The zero-order valence-electron chi connectivity index (χ0n) is 11.6. The molecule has 98 valence electrons. The van der Waals surface area contributed by atoms with Gasteiger partial charge < -0.3 is 10.6 Å². The van der Waals surface area contributed by atoms with E-state index in [2.05, 4.69) is 47.3 Å². The first-order valence-electron chi connectivity index (χ1n) is 6.64. The zero-order valence-corrected chi connectivity index (χ0v) is 11.6. The summed E-state index contributed by atoms with van der Waals surface area (Å²) in [6, 6.07) is 2.64. The molecule has 0 saturated carbocycles. The van der Waals surface area contributed by atoms with E-state index in [0.717, 1.165) is 31.9 Å². The maximum absolute atomic E-state index is 4.44. The Hall–Kier alpha value is -0.870. The first-order valence-corrected chi connectivity index (χ1v) is 6.64. The largest absolute Gasteiger partial charge is 0.315 e. The van der Waals surface area contributed by atoms with Crippen LogP contribution >= 0.6 is 0 Å². The Morgan fingerprint density at radius 3 is 2.82 bits per heavy atom. The van der Waals surface area contributed by atoms with Crippen molar-refractivity contribution in [1.82, 2.24) is 20.4 Å². The molecule has 17 heavy (non-hydrogen) atoms. The topological polar surface area (TPSA) is 41.9 Å².